The minimum absolute atomic E-state index is 0.419. The fourth-order valence-electron chi connectivity index (χ4n) is 0.918. The summed E-state index contributed by atoms with van der Waals surface area (Å²) in [6, 6.07) is 0. The predicted octanol–water partition coefficient (Wildman–Crippen LogP) is 2.42. The highest BCUT2D eigenvalue weighted by atomic mass is 29.3. The Balaban J connectivity index is 4.75. The lowest BCUT2D eigenvalue weighted by atomic mass is 10.5. The van der Waals surface area contributed by atoms with Gasteiger partial charge in [0.2, 0.25) is 0 Å². The van der Waals surface area contributed by atoms with E-state index in [4.69, 9.17) is 0 Å². The Morgan fingerprint density at radius 3 is 1.18 bits per heavy atom. The zero-order chi connectivity index (χ0) is 9.50. The topological polar surface area (TPSA) is 20.2 Å². The zero-order valence-electron chi connectivity index (χ0n) is 8.95. The highest BCUT2D eigenvalue weighted by Crippen LogP contribution is 2.29. The van der Waals surface area contributed by atoms with Crippen LogP contribution in [0.2, 0.25) is 32.7 Å². The van der Waals surface area contributed by atoms with Gasteiger partial charge in [0.1, 0.15) is 0 Å². The largest absolute Gasteiger partial charge is 0.394 e. The van der Waals surface area contributed by atoms with E-state index in [-0.39, 0.29) is 0 Å². The van der Waals surface area contributed by atoms with Crippen molar-refractivity contribution in [1.82, 2.24) is 0 Å². The standard InChI is InChI=1S/C8H22OSi2/c1-8(2,9)11(6,7)10(3,4)5/h9H,1-7H3. The fourth-order valence-corrected chi connectivity index (χ4v) is 8.26. The van der Waals surface area contributed by atoms with Gasteiger partial charge in [-0.3, -0.25) is 0 Å². The Bertz CT molecular complexity index is 123. The van der Waals surface area contributed by atoms with Crippen LogP contribution >= 0.6 is 0 Å². The van der Waals surface area contributed by atoms with Crippen LogP contribution in [0, 0.1) is 0 Å². The third kappa shape index (κ3) is 2.16. The first-order chi connectivity index (χ1) is 4.50. The molecule has 0 saturated heterocycles. The maximum Gasteiger partial charge on any atom is 0.0777 e. The molecule has 68 valence electrons. The molecule has 0 spiro atoms. The van der Waals surface area contributed by atoms with Crippen molar-refractivity contribution in [3.05, 3.63) is 0 Å². The molecule has 0 amide bonds. The maximum absolute atomic E-state index is 9.98. The second-order valence-corrected chi connectivity index (χ2v) is 22.7. The van der Waals surface area contributed by atoms with E-state index in [1.54, 1.807) is 0 Å². The number of hydrogen-bond donors (Lipinski definition) is 1. The quantitative estimate of drug-likeness (QED) is 0.663. The summed E-state index contributed by atoms with van der Waals surface area (Å²) in [7, 11) is -2.54. The molecule has 0 atom stereocenters. The first-order valence-corrected chi connectivity index (χ1v) is 11.7. The Kier molecular flexibility index (Phi) is 2.81. The lowest BCUT2D eigenvalue weighted by Crippen LogP contribution is -2.65. The van der Waals surface area contributed by atoms with Crippen LogP contribution in [0.3, 0.4) is 0 Å². The molecular formula is C8H22OSi2. The van der Waals surface area contributed by atoms with E-state index in [2.05, 4.69) is 32.7 Å². The van der Waals surface area contributed by atoms with E-state index in [1.807, 2.05) is 13.8 Å². The van der Waals surface area contributed by atoms with Crippen molar-refractivity contribution in [2.75, 3.05) is 0 Å². The van der Waals surface area contributed by atoms with Gasteiger partial charge in [-0.25, -0.2) is 0 Å². The average molecular weight is 190 g/mol. The SMILES string of the molecule is CC(C)(O)[Si](C)(C)[Si](C)(C)C. The van der Waals surface area contributed by atoms with Crippen LogP contribution in [-0.4, -0.2) is 25.5 Å². The minimum atomic E-state index is -1.41. The fraction of sp³-hybridized carbons (Fsp3) is 1.00. The first kappa shape index (κ1) is 11.4. The summed E-state index contributed by atoms with van der Waals surface area (Å²) in [4.78, 5) is 0. The van der Waals surface area contributed by atoms with E-state index in [0.717, 1.165) is 0 Å². The number of aliphatic hydroxyl groups is 1. The van der Waals surface area contributed by atoms with Gasteiger partial charge in [0.05, 0.1) is 7.59 Å². The van der Waals surface area contributed by atoms with Gasteiger partial charge in [0.15, 0.2) is 0 Å². The van der Waals surface area contributed by atoms with Gasteiger partial charge in [-0.05, 0) is 13.8 Å². The van der Waals surface area contributed by atoms with Gasteiger partial charge < -0.3 is 5.11 Å². The van der Waals surface area contributed by atoms with Crippen LogP contribution in [0.5, 0.6) is 0 Å². The van der Waals surface area contributed by atoms with Gasteiger partial charge in [-0.1, -0.05) is 32.7 Å². The Morgan fingerprint density at radius 2 is 1.18 bits per heavy atom. The number of hydrogen-bond acceptors (Lipinski definition) is 1. The molecule has 0 rings (SSSR count). The zero-order valence-corrected chi connectivity index (χ0v) is 10.9. The van der Waals surface area contributed by atoms with Crippen molar-refractivity contribution in [2.45, 2.75) is 51.8 Å². The highest BCUT2D eigenvalue weighted by molar-refractivity contribution is 7.41. The second kappa shape index (κ2) is 2.71. The van der Waals surface area contributed by atoms with Crippen LogP contribution in [-0.2, 0) is 0 Å². The molecule has 0 aromatic rings. The molecule has 0 bridgehead atoms. The summed E-state index contributed by atoms with van der Waals surface area (Å²) in [5.41, 5.74) is 0. The summed E-state index contributed by atoms with van der Waals surface area (Å²) in [5.74, 6) is 0. The average Bonchev–Trinajstić information content (AvgIpc) is 1.58. The van der Waals surface area contributed by atoms with Crippen molar-refractivity contribution in [3.8, 4) is 0 Å². The molecule has 0 radical (unpaired) electrons. The molecule has 0 unspecified atom stereocenters. The van der Waals surface area contributed by atoms with Crippen molar-refractivity contribution >= 4 is 15.2 Å². The molecule has 3 heteroatoms. The first-order valence-electron chi connectivity index (χ1n) is 4.22. The molecule has 0 aliphatic heterocycles. The van der Waals surface area contributed by atoms with E-state index in [9.17, 15) is 5.11 Å². The summed E-state index contributed by atoms with van der Waals surface area (Å²) in [6.45, 7) is 15.6. The van der Waals surface area contributed by atoms with Gasteiger partial charge in [0, 0.05) is 12.8 Å². The lowest BCUT2D eigenvalue weighted by molar-refractivity contribution is 0.159. The van der Waals surface area contributed by atoms with Crippen LogP contribution in [0.25, 0.3) is 0 Å². The third-order valence-electron chi connectivity index (χ3n) is 3.40. The molecule has 0 saturated carbocycles. The maximum atomic E-state index is 9.98. The van der Waals surface area contributed by atoms with E-state index < -0.39 is 20.4 Å². The van der Waals surface area contributed by atoms with Crippen LogP contribution in [0.4, 0.5) is 0 Å². The smallest absolute Gasteiger partial charge is 0.0777 e. The molecular weight excluding hydrogens is 168 g/mol. The van der Waals surface area contributed by atoms with Crippen LogP contribution < -0.4 is 0 Å². The molecule has 11 heavy (non-hydrogen) atoms. The van der Waals surface area contributed by atoms with Gasteiger partial charge in [0.25, 0.3) is 0 Å². The monoisotopic (exact) mass is 190 g/mol. The molecule has 0 aliphatic carbocycles. The van der Waals surface area contributed by atoms with E-state index in [0.29, 0.717) is 0 Å². The highest BCUT2D eigenvalue weighted by Gasteiger charge is 2.47. The molecule has 0 fully saturated rings. The molecule has 1 N–H and O–H groups in total. The molecule has 0 heterocycles. The predicted molar refractivity (Wildman–Crippen MR) is 57.1 cm³/mol. The Labute approximate surface area is 72.6 Å². The van der Waals surface area contributed by atoms with Gasteiger partial charge >= 0.3 is 0 Å². The lowest BCUT2D eigenvalue weighted by Gasteiger charge is -2.44. The molecule has 0 aliphatic rings. The summed E-state index contributed by atoms with van der Waals surface area (Å²) in [5, 5.41) is 9.56. The van der Waals surface area contributed by atoms with Gasteiger partial charge in [-0.15, -0.1) is 0 Å². The van der Waals surface area contributed by atoms with Crippen molar-refractivity contribution in [1.29, 1.82) is 0 Å². The van der Waals surface area contributed by atoms with E-state index in [1.165, 1.54) is 0 Å². The van der Waals surface area contributed by atoms with Gasteiger partial charge in [-0.2, -0.15) is 0 Å². The summed E-state index contributed by atoms with van der Waals surface area (Å²) in [6.07, 6.45) is 0. The van der Waals surface area contributed by atoms with Crippen molar-refractivity contribution in [3.63, 3.8) is 0 Å². The Morgan fingerprint density at radius 1 is 0.909 bits per heavy atom. The minimum Gasteiger partial charge on any atom is -0.394 e. The van der Waals surface area contributed by atoms with Crippen LogP contribution in [0.15, 0.2) is 0 Å². The second-order valence-electron chi connectivity index (χ2n) is 5.43. The summed E-state index contributed by atoms with van der Waals surface area (Å²) < 4.78 is 0. The normalized spacial score (nSPS) is 15.3. The number of rotatable bonds is 2. The van der Waals surface area contributed by atoms with Crippen molar-refractivity contribution in [2.24, 2.45) is 0 Å². The molecule has 1 nitrogen and oxygen atoms in total. The van der Waals surface area contributed by atoms with E-state index >= 15 is 0 Å². The molecule has 0 aromatic carbocycles. The van der Waals surface area contributed by atoms with Crippen LogP contribution in [0.1, 0.15) is 13.8 Å². The van der Waals surface area contributed by atoms with Crippen molar-refractivity contribution < 1.29 is 5.11 Å². The third-order valence-corrected chi connectivity index (χ3v) is 23.3. The Hall–Kier alpha value is 0.394. The molecule has 0 aromatic heterocycles. The summed E-state index contributed by atoms with van der Waals surface area (Å²) >= 11 is 0.